The summed E-state index contributed by atoms with van der Waals surface area (Å²) in [6.45, 7) is 1.65. The molecule has 0 saturated carbocycles. The van der Waals surface area contributed by atoms with E-state index in [9.17, 15) is 0 Å². The quantitative estimate of drug-likeness (QED) is 0.855. The third-order valence-electron chi connectivity index (χ3n) is 2.68. The van der Waals surface area contributed by atoms with E-state index in [4.69, 9.17) is 11.6 Å². The molecule has 1 aromatic carbocycles. The second-order valence-electron chi connectivity index (χ2n) is 3.87. The predicted octanol–water partition coefficient (Wildman–Crippen LogP) is 2.48. The summed E-state index contributed by atoms with van der Waals surface area (Å²) in [5, 5.41) is 7.02. The highest BCUT2D eigenvalue weighted by Gasteiger charge is 2.13. The Bertz CT molecular complexity index is 556. The lowest BCUT2D eigenvalue weighted by molar-refractivity contribution is 0.758. The van der Waals surface area contributed by atoms with Crippen molar-refractivity contribution in [3.8, 4) is 0 Å². The number of nitrogens with one attached hydrogen (secondary N) is 2. The first kappa shape index (κ1) is 10.5. The van der Waals surface area contributed by atoms with Gasteiger partial charge in [-0.2, -0.15) is 0 Å². The number of para-hydroxylation sites is 1. The van der Waals surface area contributed by atoms with Gasteiger partial charge in [0.25, 0.3) is 0 Å². The molecular weight excluding hydrogens is 236 g/mol. The van der Waals surface area contributed by atoms with Gasteiger partial charge in [0.2, 0.25) is 5.95 Å². The minimum Gasteiger partial charge on any atom is -0.323 e. The van der Waals surface area contributed by atoms with Gasteiger partial charge in [-0.1, -0.05) is 23.7 Å². The van der Waals surface area contributed by atoms with Crippen molar-refractivity contribution < 1.29 is 0 Å². The molecule has 1 aliphatic rings. The molecule has 1 aromatic heterocycles. The Morgan fingerprint density at radius 1 is 1.24 bits per heavy atom. The maximum absolute atomic E-state index is 6.06. The molecule has 0 bridgehead atoms. The Morgan fingerprint density at radius 3 is 3.00 bits per heavy atom. The Kier molecular flexibility index (Phi) is 2.66. The highest BCUT2D eigenvalue weighted by Crippen LogP contribution is 2.23. The molecule has 0 unspecified atom stereocenters. The van der Waals surface area contributed by atoms with Crippen LogP contribution in [0.15, 0.2) is 30.5 Å². The van der Waals surface area contributed by atoms with Crippen molar-refractivity contribution >= 4 is 23.2 Å². The summed E-state index contributed by atoms with van der Waals surface area (Å²) >= 11 is 6.06. The molecule has 5 heteroatoms. The number of fused-ring (bicyclic) bond motifs is 1. The van der Waals surface area contributed by atoms with E-state index in [1.165, 1.54) is 0 Å². The van der Waals surface area contributed by atoms with E-state index in [0.29, 0.717) is 11.0 Å². The lowest BCUT2D eigenvalue weighted by Gasteiger charge is -2.07. The molecule has 3 rings (SSSR count). The van der Waals surface area contributed by atoms with Crippen LogP contribution in [0.5, 0.6) is 0 Å². The van der Waals surface area contributed by atoms with Gasteiger partial charge in [0, 0.05) is 24.8 Å². The first-order valence-corrected chi connectivity index (χ1v) is 5.78. The SMILES string of the molecule is Clc1ccccc1Nc1ncc2c(n1)CNC2. The molecule has 0 atom stereocenters. The summed E-state index contributed by atoms with van der Waals surface area (Å²) in [5.74, 6) is 0.584. The van der Waals surface area contributed by atoms with E-state index < -0.39 is 0 Å². The summed E-state index contributed by atoms with van der Waals surface area (Å²) < 4.78 is 0. The third kappa shape index (κ3) is 2.09. The molecule has 0 fully saturated rings. The number of hydrogen-bond acceptors (Lipinski definition) is 4. The van der Waals surface area contributed by atoms with E-state index in [0.717, 1.165) is 30.0 Å². The zero-order valence-corrected chi connectivity index (χ0v) is 9.83. The number of halogens is 1. The zero-order valence-electron chi connectivity index (χ0n) is 9.07. The fourth-order valence-corrected chi connectivity index (χ4v) is 1.98. The summed E-state index contributed by atoms with van der Waals surface area (Å²) in [7, 11) is 0. The van der Waals surface area contributed by atoms with Crippen LogP contribution in [0.4, 0.5) is 11.6 Å². The minimum atomic E-state index is 0.584. The molecule has 17 heavy (non-hydrogen) atoms. The Balaban J connectivity index is 1.89. The molecule has 0 aliphatic carbocycles. The molecule has 4 nitrogen and oxygen atoms in total. The van der Waals surface area contributed by atoms with Crippen molar-refractivity contribution in [2.45, 2.75) is 13.1 Å². The Hall–Kier alpha value is -1.65. The number of benzene rings is 1. The van der Waals surface area contributed by atoms with E-state index in [1.54, 1.807) is 0 Å². The van der Waals surface area contributed by atoms with Gasteiger partial charge in [0.15, 0.2) is 0 Å². The van der Waals surface area contributed by atoms with Crippen molar-refractivity contribution in [2.75, 3.05) is 5.32 Å². The Labute approximate surface area is 104 Å². The third-order valence-corrected chi connectivity index (χ3v) is 3.01. The van der Waals surface area contributed by atoms with Crippen LogP contribution in [0.3, 0.4) is 0 Å². The number of nitrogens with zero attached hydrogens (tertiary/aromatic N) is 2. The number of hydrogen-bond donors (Lipinski definition) is 2. The van der Waals surface area contributed by atoms with Crippen LogP contribution < -0.4 is 10.6 Å². The highest BCUT2D eigenvalue weighted by molar-refractivity contribution is 6.33. The van der Waals surface area contributed by atoms with E-state index in [2.05, 4.69) is 20.6 Å². The number of anilines is 2. The van der Waals surface area contributed by atoms with Crippen molar-refractivity contribution in [3.05, 3.63) is 46.7 Å². The topological polar surface area (TPSA) is 49.8 Å². The average Bonchev–Trinajstić information content (AvgIpc) is 2.79. The van der Waals surface area contributed by atoms with Gasteiger partial charge in [0.1, 0.15) is 0 Å². The first-order valence-electron chi connectivity index (χ1n) is 5.40. The van der Waals surface area contributed by atoms with E-state index in [1.807, 2.05) is 30.5 Å². The van der Waals surface area contributed by atoms with Crippen LogP contribution >= 0.6 is 11.6 Å². The second kappa shape index (κ2) is 4.31. The first-order chi connectivity index (χ1) is 8.33. The largest absolute Gasteiger partial charge is 0.323 e. The monoisotopic (exact) mass is 246 g/mol. The standard InChI is InChI=1S/C12H11ClN4/c13-9-3-1-2-4-10(9)16-12-15-6-8-5-14-7-11(8)17-12/h1-4,6,14H,5,7H2,(H,15,16,17). The van der Waals surface area contributed by atoms with Crippen molar-refractivity contribution in [1.82, 2.24) is 15.3 Å². The lowest BCUT2D eigenvalue weighted by Crippen LogP contribution is -2.01. The molecule has 0 amide bonds. The molecule has 2 N–H and O–H groups in total. The molecular formula is C12H11ClN4. The minimum absolute atomic E-state index is 0.584. The van der Waals surface area contributed by atoms with Crippen LogP contribution in [0.1, 0.15) is 11.3 Å². The number of aromatic nitrogens is 2. The van der Waals surface area contributed by atoms with E-state index >= 15 is 0 Å². The van der Waals surface area contributed by atoms with Crippen LogP contribution in [-0.2, 0) is 13.1 Å². The van der Waals surface area contributed by atoms with Crippen LogP contribution in [0.2, 0.25) is 5.02 Å². The predicted molar refractivity (Wildman–Crippen MR) is 67.3 cm³/mol. The molecule has 0 radical (unpaired) electrons. The lowest BCUT2D eigenvalue weighted by atomic mass is 10.3. The van der Waals surface area contributed by atoms with Crippen LogP contribution in [0.25, 0.3) is 0 Å². The fraction of sp³-hybridized carbons (Fsp3) is 0.167. The molecule has 2 aromatic rings. The van der Waals surface area contributed by atoms with Crippen LogP contribution in [0, 0.1) is 0 Å². The summed E-state index contributed by atoms with van der Waals surface area (Å²) in [6.07, 6.45) is 1.85. The molecule has 2 heterocycles. The summed E-state index contributed by atoms with van der Waals surface area (Å²) in [4.78, 5) is 8.71. The van der Waals surface area contributed by atoms with Gasteiger partial charge in [0.05, 0.1) is 16.4 Å². The smallest absolute Gasteiger partial charge is 0.227 e. The van der Waals surface area contributed by atoms with Gasteiger partial charge in [-0.25, -0.2) is 9.97 Å². The number of rotatable bonds is 2. The van der Waals surface area contributed by atoms with Gasteiger partial charge < -0.3 is 10.6 Å². The van der Waals surface area contributed by atoms with Gasteiger partial charge >= 0.3 is 0 Å². The molecule has 86 valence electrons. The normalized spacial score (nSPS) is 13.5. The van der Waals surface area contributed by atoms with E-state index in [-0.39, 0.29) is 0 Å². The van der Waals surface area contributed by atoms with Gasteiger partial charge in [-0.15, -0.1) is 0 Å². The van der Waals surface area contributed by atoms with Crippen molar-refractivity contribution in [1.29, 1.82) is 0 Å². The van der Waals surface area contributed by atoms with Crippen molar-refractivity contribution in [2.24, 2.45) is 0 Å². The van der Waals surface area contributed by atoms with Crippen molar-refractivity contribution in [3.63, 3.8) is 0 Å². The maximum atomic E-state index is 6.06. The Morgan fingerprint density at radius 2 is 2.12 bits per heavy atom. The maximum Gasteiger partial charge on any atom is 0.227 e. The molecule has 0 saturated heterocycles. The molecule has 0 spiro atoms. The van der Waals surface area contributed by atoms with Crippen LogP contribution in [-0.4, -0.2) is 9.97 Å². The van der Waals surface area contributed by atoms with Gasteiger partial charge in [-0.3, -0.25) is 0 Å². The highest BCUT2D eigenvalue weighted by atomic mass is 35.5. The fourth-order valence-electron chi connectivity index (χ4n) is 1.80. The zero-order chi connectivity index (χ0) is 11.7. The average molecular weight is 247 g/mol. The second-order valence-corrected chi connectivity index (χ2v) is 4.28. The van der Waals surface area contributed by atoms with Gasteiger partial charge in [-0.05, 0) is 12.1 Å². The summed E-state index contributed by atoms with van der Waals surface area (Å²) in [5.41, 5.74) is 3.03. The summed E-state index contributed by atoms with van der Waals surface area (Å²) in [6, 6.07) is 7.54. The molecule has 1 aliphatic heterocycles.